The van der Waals surface area contributed by atoms with Gasteiger partial charge < -0.3 is 20.1 Å². The second kappa shape index (κ2) is 12.4. The van der Waals surface area contributed by atoms with Crippen LogP contribution >= 0.6 is 11.6 Å². The fourth-order valence-electron chi connectivity index (χ4n) is 3.82. The van der Waals surface area contributed by atoms with Gasteiger partial charge in [0.1, 0.15) is 0 Å². The van der Waals surface area contributed by atoms with E-state index in [-0.39, 0.29) is 0 Å². The molecule has 0 spiro atoms. The van der Waals surface area contributed by atoms with E-state index in [1.54, 1.807) is 0 Å². The lowest BCUT2D eigenvalue weighted by molar-refractivity contribution is 0.0888. The van der Waals surface area contributed by atoms with Crippen LogP contribution in [0.2, 0.25) is 5.02 Å². The summed E-state index contributed by atoms with van der Waals surface area (Å²) in [5, 5.41) is 7.78. The van der Waals surface area contributed by atoms with E-state index in [4.69, 9.17) is 21.1 Å². The van der Waals surface area contributed by atoms with E-state index in [9.17, 15) is 0 Å². The second-order valence-electron chi connectivity index (χ2n) is 7.98. The molecule has 6 nitrogen and oxygen atoms in total. The molecule has 162 valence electrons. The summed E-state index contributed by atoms with van der Waals surface area (Å²) in [6, 6.07) is 8.64. The normalized spacial score (nSPS) is 21.4. The first kappa shape index (κ1) is 22.3. The lowest BCUT2D eigenvalue weighted by Gasteiger charge is -2.33. The van der Waals surface area contributed by atoms with Crippen molar-refractivity contribution in [2.75, 3.05) is 53.1 Å². The number of hydrogen-bond donors (Lipinski definition) is 2. The number of halogens is 1. The number of nitrogens with zero attached hydrogens (tertiary/aromatic N) is 2. The van der Waals surface area contributed by atoms with Gasteiger partial charge in [0.2, 0.25) is 0 Å². The minimum Gasteiger partial charge on any atom is -0.381 e. The zero-order valence-electron chi connectivity index (χ0n) is 17.5. The molecule has 2 aliphatic heterocycles. The molecule has 0 radical (unpaired) electrons. The average Bonchev–Trinajstić information content (AvgIpc) is 3.26. The van der Waals surface area contributed by atoms with Crippen molar-refractivity contribution in [2.24, 2.45) is 10.9 Å². The van der Waals surface area contributed by atoms with E-state index in [1.165, 1.54) is 5.56 Å². The predicted octanol–water partition coefficient (Wildman–Crippen LogP) is 2.91. The minimum absolute atomic E-state index is 0.473. The highest BCUT2D eigenvalue weighted by Gasteiger charge is 2.20. The number of ether oxygens (including phenoxy) is 2. The molecule has 2 fully saturated rings. The summed E-state index contributed by atoms with van der Waals surface area (Å²) in [5.74, 6) is 1.48. The summed E-state index contributed by atoms with van der Waals surface area (Å²) in [7, 11) is 1.83. The number of guanidine groups is 1. The van der Waals surface area contributed by atoms with Gasteiger partial charge in [0.25, 0.3) is 0 Å². The Morgan fingerprint density at radius 1 is 1.24 bits per heavy atom. The standard InChI is InChI=1S/C22H35ClN4O2/c1-24-22(25-10-2-13-28-16-19-9-14-29-17-19)26-21-7-11-27(12-8-21)15-18-3-5-20(23)6-4-18/h3-6,19,21H,2,7-17H2,1H3,(H2,24,25,26). The van der Waals surface area contributed by atoms with Gasteiger partial charge in [-0.2, -0.15) is 0 Å². The minimum atomic E-state index is 0.473. The monoisotopic (exact) mass is 422 g/mol. The molecular weight excluding hydrogens is 388 g/mol. The first-order valence-corrected chi connectivity index (χ1v) is 11.2. The third-order valence-corrected chi connectivity index (χ3v) is 5.86. The number of likely N-dealkylation sites (tertiary alicyclic amines) is 1. The molecular formula is C22H35ClN4O2. The summed E-state index contributed by atoms with van der Waals surface area (Å²) in [4.78, 5) is 6.87. The zero-order valence-corrected chi connectivity index (χ0v) is 18.3. The molecule has 7 heteroatoms. The average molecular weight is 423 g/mol. The van der Waals surface area contributed by atoms with Gasteiger partial charge in [-0.3, -0.25) is 9.89 Å². The van der Waals surface area contributed by atoms with Crippen LogP contribution in [-0.4, -0.2) is 70.0 Å². The molecule has 2 N–H and O–H groups in total. The molecule has 0 aliphatic carbocycles. The zero-order chi connectivity index (χ0) is 20.3. The fourth-order valence-corrected chi connectivity index (χ4v) is 3.94. The van der Waals surface area contributed by atoms with Gasteiger partial charge in [-0.05, 0) is 43.4 Å². The predicted molar refractivity (Wildman–Crippen MR) is 119 cm³/mol. The quantitative estimate of drug-likeness (QED) is 0.364. The molecule has 2 heterocycles. The summed E-state index contributed by atoms with van der Waals surface area (Å²) >= 11 is 5.97. The first-order valence-electron chi connectivity index (χ1n) is 10.8. The Morgan fingerprint density at radius 3 is 2.72 bits per heavy atom. The lowest BCUT2D eigenvalue weighted by atomic mass is 10.0. The summed E-state index contributed by atoms with van der Waals surface area (Å²) in [6.07, 6.45) is 4.36. The molecule has 3 rings (SSSR count). The summed E-state index contributed by atoms with van der Waals surface area (Å²) in [6.45, 7) is 7.39. The molecule has 1 aromatic carbocycles. The van der Waals surface area contributed by atoms with E-state index in [0.717, 1.165) is 89.3 Å². The Kier molecular flexibility index (Phi) is 9.54. The maximum absolute atomic E-state index is 5.97. The molecule has 1 atom stereocenters. The van der Waals surface area contributed by atoms with Crippen molar-refractivity contribution in [1.29, 1.82) is 0 Å². The van der Waals surface area contributed by atoms with Gasteiger partial charge in [0.05, 0.1) is 13.2 Å². The van der Waals surface area contributed by atoms with Crippen LogP contribution in [0.15, 0.2) is 29.3 Å². The van der Waals surface area contributed by atoms with E-state index in [2.05, 4.69) is 32.7 Å². The van der Waals surface area contributed by atoms with Gasteiger partial charge in [-0.25, -0.2) is 0 Å². The molecule has 29 heavy (non-hydrogen) atoms. The van der Waals surface area contributed by atoms with E-state index in [1.807, 2.05) is 19.2 Å². The van der Waals surface area contributed by atoms with Crippen LogP contribution in [0.4, 0.5) is 0 Å². The number of aliphatic imine (C=N–C) groups is 1. The van der Waals surface area contributed by atoms with E-state index < -0.39 is 0 Å². The first-order chi connectivity index (χ1) is 14.2. The number of hydrogen-bond acceptors (Lipinski definition) is 4. The molecule has 1 aromatic rings. The van der Waals surface area contributed by atoms with Gasteiger partial charge >= 0.3 is 0 Å². The van der Waals surface area contributed by atoms with Crippen LogP contribution in [0.5, 0.6) is 0 Å². The third-order valence-electron chi connectivity index (χ3n) is 5.61. The smallest absolute Gasteiger partial charge is 0.191 e. The van der Waals surface area contributed by atoms with Crippen LogP contribution in [0, 0.1) is 5.92 Å². The van der Waals surface area contributed by atoms with E-state index in [0.29, 0.717) is 12.0 Å². The Morgan fingerprint density at radius 2 is 2.03 bits per heavy atom. The third kappa shape index (κ3) is 8.13. The summed E-state index contributed by atoms with van der Waals surface area (Å²) in [5.41, 5.74) is 1.32. The Bertz CT molecular complexity index is 612. The van der Waals surface area contributed by atoms with Crippen LogP contribution in [0.25, 0.3) is 0 Å². The number of nitrogens with one attached hydrogen (secondary N) is 2. The van der Waals surface area contributed by atoms with Crippen LogP contribution in [-0.2, 0) is 16.0 Å². The van der Waals surface area contributed by atoms with Crippen LogP contribution < -0.4 is 10.6 Å². The van der Waals surface area contributed by atoms with Crippen molar-refractivity contribution in [1.82, 2.24) is 15.5 Å². The molecule has 1 unspecified atom stereocenters. The lowest BCUT2D eigenvalue weighted by Crippen LogP contribution is -2.48. The molecule has 0 amide bonds. The largest absolute Gasteiger partial charge is 0.381 e. The van der Waals surface area contributed by atoms with Gasteiger partial charge in [-0.1, -0.05) is 23.7 Å². The Labute approximate surface area is 180 Å². The van der Waals surface area contributed by atoms with Crippen LogP contribution in [0.3, 0.4) is 0 Å². The van der Waals surface area contributed by atoms with Crippen molar-refractivity contribution in [2.45, 2.75) is 38.3 Å². The molecule has 0 saturated carbocycles. The Hall–Kier alpha value is -1.34. The maximum atomic E-state index is 5.97. The fraction of sp³-hybridized carbons (Fsp3) is 0.682. The molecule has 2 saturated heterocycles. The molecule has 2 aliphatic rings. The summed E-state index contributed by atoms with van der Waals surface area (Å²) < 4.78 is 11.1. The number of rotatable bonds is 9. The van der Waals surface area contributed by atoms with E-state index >= 15 is 0 Å². The SMILES string of the molecule is CN=C(NCCCOCC1CCOC1)NC1CCN(Cc2ccc(Cl)cc2)CC1. The Balaban J connectivity index is 1.25. The highest BCUT2D eigenvalue weighted by atomic mass is 35.5. The van der Waals surface area contributed by atoms with Crippen LogP contribution in [0.1, 0.15) is 31.2 Å². The van der Waals surface area contributed by atoms with Crippen molar-refractivity contribution in [3.05, 3.63) is 34.9 Å². The van der Waals surface area contributed by atoms with Crippen molar-refractivity contribution < 1.29 is 9.47 Å². The maximum Gasteiger partial charge on any atom is 0.191 e. The topological polar surface area (TPSA) is 58.1 Å². The van der Waals surface area contributed by atoms with Crippen molar-refractivity contribution >= 4 is 17.6 Å². The molecule has 0 bridgehead atoms. The van der Waals surface area contributed by atoms with Gasteiger partial charge in [0, 0.05) is 63.4 Å². The van der Waals surface area contributed by atoms with Crippen molar-refractivity contribution in [3.63, 3.8) is 0 Å². The van der Waals surface area contributed by atoms with Crippen molar-refractivity contribution in [3.8, 4) is 0 Å². The number of piperidine rings is 1. The van der Waals surface area contributed by atoms with Gasteiger partial charge in [-0.15, -0.1) is 0 Å². The second-order valence-corrected chi connectivity index (χ2v) is 8.41. The highest BCUT2D eigenvalue weighted by Crippen LogP contribution is 2.16. The number of benzene rings is 1. The molecule has 0 aromatic heterocycles. The van der Waals surface area contributed by atoms with Gasteiger partial charge in [0.15, 0.2) is 5.96 Å². The highest BCUT2D eigenvalue weighted by molar-refractivity contribution is 6.30.